The molecule has 2 rings (SSSR count). The number of halogens is 1. The summed E-state index contributed by atoms with van der Waals surface area (Å²) in [6, 6.07) is 10.3. The van der Waals surface area contributed by atoms with E-state index in [1.165, 1.54) is 0 Å². The molecule has 0 fully saturated rings. The van der Waals surface area contributed by atoms with Gasteiger partial charge in [-0.3, -0.25) is 9.59 Å². The van der Waals surface area contributed by atoms with Crippen molar-refractivity contribution in [2.24, 2.45) is 0 Å². The summed E-state index contributed by atoms with van der Waals surface area (Å²) in [7, 11) is 0. The molecule has 0 radical (unpaired) electrons. The largest absolute Gasteiger partial charge is 0.326 e. The summed E-state index contributed by atoms with van der Waals surface area (Å²) in [5.74, 6) is -0.380. The average molecular weight is 348 g/mol. The van der Waals surface area contributed by atoms with Gasteiger partial charge < -0.3 is 10.6 Å². The molecule has 0 unspecified atom stereocenters. The Morgan fingerprint density at radius 2 is 1.86 bits per heavy atom. The zero-order valence-corrected chi connectivity index (χ0v) is 13.0. The van der Waals surface area contributed by atoms with E-state index in [0.29, 0.717) is 23.5 Å². The van der Waals surface area contributed by atoms with Gasteiger partial charge in [-0.2, -0.15) is 0 Å². The Morgan fingerprint density at radius 3 is 2.48 bits per heavy atom. The summed E-state index contributed by atoms with van der Waals surface area (Å²) in [5, 5.41) is 5.48. The van der Waals surface area contributed by atoms with Crippen LogP contribution in [0.4, 0.5) is 11.4 Å². The van der Waals surface area contributed by atoms with Crippen molar-refractivity contribution >= 4 is 39.1 Å². The number of aromatic nitrogens is 1. The Morgan fingerprint density at radius 1 is 1.14 bits per heavy atom. The first-order chi connectivity index (χ1) is 10.1. The molecular formula is C15H14BrN3O2. The number of hydrogen-bond donors (Lipinski definition) is 2. The second-order valence-electron chi connectivity index (χ2n) is 4.30. The summed E-state index contributed by atoms with van der Waals surface area (Å²) >= 11 is 3.27. The van der Waals surface area contributed by atoms with Gasteiger partial charge in [-0.25, -0.2) is 4.98 Å². The molecule has 0 bridgehead atoms. The molecule has 108 valence electrons. The van der Waals surface area contributed by atoms with Crippen LogP contribution >= 0.6 is 15.9 Å². The maximum atomic E-state index is 12.0. The molecule has 21 heavy (non-hydrogen) atoms. The van der Waals surface area contributed by atoms with Crippen molar-refractivity contribution in [3.63, 3.8) is 0 Å². The molecule has 0 aliphatic heterocycles. The molecule has 0 aliphatic rings. The van der Waals surface area contributed by atoms with Gasteiger partial charge >= 0.3 is 0 Å². The van der Waals surface area contributed by atoms with E-state index in [2.05, 4.69) is 31.5 Å². The third-order valence-electron chi connectivity index (χ3n) is 2.69. The van der Waals surface area contributed by atoms with Crippen molar-refractivity contribution in [2.45, 2.75) is 13.3 Å². The minimum Gasteiger partial charge on any atom is -0.326 e. The standard InChI is InChI=1S/C15H14BrN3O2/c1-2-14(20)18-11-4-3-5-12(8-11)19-15(21)13-7-6-10(16)9-17-13/h3-9H,2H2,1H3,(H,18,20)(H,19,21). The highest BCUT2D eigenvalue weighted by molar-refractivity contribution is 9.10. The second-order valence-corrected chi connectivity index (χ2v) is 5.21. The number of rotatable bonds is 4. The minimum atomic E-state index is -0.304. The molecule has 1 heterocycles. The third kappa shape index (κ3) is 4.39. The Hall–Kier alpha value is -2.21. The van der Waals surface area contributed by atoms with Gasteiger partial charge in [0.1, 0.15) is 5.69 Å². The van der Waals surface area contributed by atoms with E-state index in [1.54, 1.807) is 49.5 Å². The van der Waals surface area contributed by atoms with E-state index in [9.17, 15) is 9.59 Å². The molecule has 0 saturated heterocycles. The monoisotopic (exact) mass is 347 g/mol. The Bertz CT molecular complexity index is 656. The highest BCUT2D eigenvalue weighted by Gasteiger charge is 2.08. The van der Waals surface area contributed by atoms with Crippen LogP contribution in [-0.4, -0.2) is 16.8 Å². The molecule has 5 nitrogen and oxygen atoms in total. The lowest BCUT2D eigenvalue weighted by molar-refractivity contribution is -0.115. The van der Waals surface area contributed by atoms with Crippen LogP contribution in [0.3, 0.4) is 0 Å². The Labute approximate surface area is 130 Å². The zero-order chi connectivity index (χ0) is 15.2. The quantitative estimate of drug-likeness (QED) is 0.889. The van der Waals surface area contributed by atoms with E-state index in [0.717, 1.165) is 4.47 Å². The van der Waals surface area contributed by atoms with Crippen LogP contribution in [0.1, 0.15) is 23.8 Å². The van der Waals surface area contributed by atoms with Crippen LogP contribution in [-0.2, 0) is 4.79 Å². The SMILES string of the molecule is CCC(=O)Nc1cccc(NC(=O)c2ccc(Br)cn2)c1. The fourth-order valence-corrected chi connectivity index (χ4v) is 1.86. The third-order valence-corrected chi connectivity index (χ3v) is 3.15. The van der Waals surface area contributed by atoms with Crippen molar-refractivity contribution in [3.8, 4) is 0 Å². The van der Waals surface area contributed by atoms with Crippen LogP contribution in [0, 0.1) is 0 Å². The first-order valence-corrected chi connectivity index (χ1v) is 7.20. The van der Waals surface area contributed by atoms with Gasteiger partial charge in [0.25, 0.3) is 5.91 Å². The fraction of sp³-hybridized carbons (Fsp3) is 0.133. The number of nitrogens with zero attached hydrogens (tertiary/aromatic N) is 1. The molecule has 0 aliphatic carbocycles. The molecule has 6 heteroatoms. The van der Waals surface area contributed by atoms with E-state index in [-0.39, 0.29) is 11.8 Å². The molecule has 0 atom stereocenters. The van der Waals surface area contributed by atoms with Gasteiger partial charge in [-0.15, -0.1) is 0 Å². The molecule has 0 spiro atoms. The first-order valence-electron chi connectivity index (χ1n) is 6.41. The lowest BCUT2D eigenvalue weighted by Crippen LogP contribution is -2.14. The predicted octanol–water partition coefficient (Wildman–Crippen LogP) is 3.44. The fourth-order valence-electron chi connectivity index (χ4n) is 1.63. The lowest BCUT2D eigenvalue weighted by Gasteiger charge is -2.08. The molecule has 0 saturated carbocycles. The Kier molecular flexibility index (Phi) is 5.05. The number of carbonyl (C=O) groups excluding carboxylic acids is 2. The minimum absolute atomic E-state index is 0.0759. The maximum absolute atomic E-state index is 12.0. The van der Waals surface area contributed by atoms with E-state index in [4.69, 9.17) is 0 Å². The summed E-state index contributed by atoms with van der Waals surface area (Å²) < 4.78 is 0.809. The topological polar surface area (TPSA) is 71.1 Å². The van der Waals surface area contributed by atoms with Crippen LogP contribution in [0.15, 0.2) is 47.1 Å². The molecule has 1 aromatic heterocycles. The van der Waals surface area contributed by atoms with Crippen LogP contribution < -0.4 is 10.6 Å². The number of carbonyl (C=O) groups is 2. The van der Waals surface area contributed by atoms with Gasteiger partial charge in [-0.1, -0.05) is 13.0 Å². The highest BCUT2D eigenvalue weighted by Crippen LogP contribution is 2.16. The van der Waals surface area contributed by atoms with Crippen LogP contribution in [0.2, 0.25) is 0 Å². The smallest absolute Gasteiger partial charge is 0.274 e. The number of hydrogen-bond acceptors (Lipinski definition) is 3. The van der Waals surface area contributed by atoms with E-state index < -0.39 is 0 Å². The van der Waals surface area contributed by atoms with Gasteiger partial charge in [0, 0.05) is 28.5 Å². The van der Waals surface area contributed by atoms with Gasteiger partial charge in [0.2, 0.25) is 5.91 Å². The molecule has 1 aromatic carbocycles. The van der Waals surface area contributed by atoms with Crippen molar-refractivity contribution in [1.82, 2.24) is 4.98 Å². The van der Waals surface area contributed by atoms with E-state index >= 15 is 0 Å². The number of nitrogens with one attached hydrogen (secondary N) is 2. The molecule has 2 aromatic rings. The van der Waals surface area contributed by atoms with Gasteiger partial charge in [0.05, 0.1) is 0 Å². The molecular weight excluding hydrogens is 334 g/mol. The summed E-state index contributed by atoms with van der Waals surface area (Å²) in [6.07, 6.45) is 1.96. The molecule has 2 N–H and O–H groups in total. The van der Waals surface area contributed by atoms with Gasteiger partial charge in [-0.05, 0) is 46.3 Å². The number of benzene rings is 1. The number of anilines is 2. The molecule has 2 amide bonds. The van der Waals surface area contributed by atoms with Crippen LogP contribution in [0.5, 0.6) is 0 Å². The number of amides is 2. The summed E-state index contributed by atoms with van der Waals surface area (Å²) in [6.45, 7) is 1.78. The predicted molar refractivity (Wildman–Crippen MR) is 85.3 cm³/mol. The van der Waals surface area contributed by atoms with Crippen molar-refractivity contribution in [1.29, 1.82) is 0 Å². The van der Waals surface area contributed by atoms with Crippen molar-refractivity contribution < 1.29 is 9.59 Å². The summed E-state index contributed by atoms with van der Waals surface area (Å²) in [5.41, 5.74) is 1.56. The average Bonchev–Trinajstić information content (AvgIpc) is 2.48. The van der Waals surface area contributed by atoms with E-state index in [1.807, 2.05) is 0 Å². The first kappa shape index (κ1) is 15.2. The Balaban J connectivity index is 2.08. The maximum Gasteiger partial charge on any atom is 0.274 e. The summed E-state index contributed by atoms with van der Waals surface area (Å²) in [4.78, 5) is 27.4. The highest BCUT2D eigenvalue weighted by atomic mass is 79.9. The van der Waals surface area contributed by atoms with Gasteiger partial charge in [0.15, 0.2) is 0 Å². The lowest BCUT2D eigenvalue weighted by atomic mass is 10.2. The second kappa shape index (κ2) is 6.99. The van der Waals surface area contributed by atoms with Crippen molar-refractivity contribution in [2.75, 3.05) is 10.6 Å². The zero-order valence-electron chi connectivity index (χ0n) is 11.4. The van der Waals surface area contributed by atoms with Crippen LogP contribution in [0.25, 0.3) is 0 Å². The number of pyridine rings is 1. The normalized spacial score (nSPS) is 10.0. The van der Waals surface area contributed by atoms with Crippen molar-refractivity contribution in [3.05, 3.63) is 52.8 Å².